The molecule has 0 aliphatic heterocycles. The standard InChI is InChI=1S/C9H11BrO2S/c10-5-7(11)9(12)6-3-1-2-4-8(6)13/h1-4,7,9,11-13H,5H2. The first-order valence-electron chi connectivity index (χ1n) is 3.86. The highest BCUT2D eigenvalue weighted by molar-refractivity contribution is 9.09. The zero-order valence-corrected chi connectivity index (χ0v) is 9.37. The molecule has 72 valence electrons. The fourth-order valence-electron chi connectivity index (χ4n) is 1.03. The lowest BCUT2D eigenvalue weighted by Crippen LogP contribution is -2.19. The maximum Gasteiger partial charge on any atom is 0.107 e. The largest absolute Gasteiger partial charge is 0.389 e. The molecule has 0 saturated carbocycles. The first-order chi connectivity index (χ1) is 6.16. The summed E-state index contributed by atoms with van der Waals surface area (Å²) in [6.07, 6.45) is -1.68. The second-order valence-corrected chi connectivity index (χ2v) is 3.85. The molecule has 0 spiro atoms. The quantitative estimate of drug-likeness (QED) is 0.574. The average Bonchev–Trinajstić information content (AvgIpc) is 2.16. The highest BCUT2D eigenvalue weighted by Crippen LogP contribution is 2.24. The van der Waals surface area contributed by atoms with Crippen molar-refractivity contribution in [1.82, 2.24) is 0 Å². The van der Waals surface area contributed by atoms with Crippen molar-refractivity contribution in [3.05, 3.63) is 29.8 Å². The van der Waals surface area contributed by atoms with Gasteiger partial charge in [-0.3, -0.25) is 0 Å². The van der Waals surface area contributed by atoms with E-state index >= 15 is 0 Å². The molecule has 0 bridgehead atoms. The third-order valence-corrected chi connectivity index (χ3v) is 2.85. The minimum absolute atomic E-state index is 0.344. The number of aliphatic hydroxyl groups excluding tert-OH is 2. The molecule has 0 aromatic heterocycles. The Bertz CT molecular complexity index is 280. The van der Waals surface area contributed by atoms with E-state index in [9.17, 15) is 10.2 Å². The van der Waals surface area contributed by atoms with Crippen LogP contribution >= 0.6 is 28.6 Å². The fraction of sp³-hybridized carbons (Fsp3) is 0.333. The van der Waals surface area contributed by atoms with Crippen molar-refractivity contribution in [2.75, 3.05) is 5.33 Å². The van der Waals surface area contributed by atoms with E-state index in [4.69, 9.17) is 0 Å². The van der Waals surface area contributed by atoms with E-state index in [1.54, 1.807) is 18.2 Å². The number of halogens is 1. The molecule has 4 heteroatoms. The van der Waals surface area contributed by atoms with Crippen LogP contribution in [0.5, 0.6) is 0 Å². The zero-order valence-electron chi connectivity index (χ0n) is 6.89. The van der Waals surface area contributed by atoms with Crippen molar-refractivity contribution in [2.45, 2.75) is 17.1 Å². The van der Waals surface area contributed by atoms with Crippen LogP contribution in [0.1, 0.15) is 11.7 Å². The fourth-order valence-corrected chi connectivity index (χ4v) is 1.68. The van der Waals surface area contributed by atoms with Crippen LogP contribution < -0.4 is 0 Å². The molecular weight excluding hydrogens is 252 g/mol. The Labute approximate surface area is 91.1 Å². The van der Waals surface area contributed by atoms with Crippen LogP contribution in [-0.4, -0.2) is 21.6 Å². The van der Waals surface area contributed by atoms with Gasteiger partial charge in [0.1, 0.15) is 6.10 Å². The Morgan fingerprint density at radius 3 is 2.46 bits per heavy atom. The highest BCUT2D eigenvalue weighted by Gasteiger charge is 2.18. The van der Waals surface area contributed by atoms with Gasteiger partial charge in [-0.15, -0.1) is 12.6 Å². The van der Waals surface area contributed by atoms with Crippen LogP contribution in [-0.2, 0) is 0 Å². The molecule has 1 aromatic rings. The highest BCUT2D eigenvalue weighted by atomic mass is 79.9. The van der Waals surface area contributed by atoms with Gasteiger partial charge in [0.25, 0.3) is 0 Å². The number of benzene rings is 1. The van der Waals surface area contributed by atoms with Gasteiger partial charge in [0.2, 0.25) is 0 Å². The van der Waals surface area contributed by atoms with E-state index in [2.05, 4.69) is 28.6 Å². The third-order valence-electron chi connectivity index (χ3n) is 1.78. The van der Waals surface area contributed by atoms with Crippen molar-refractivity contribution in [3.63, 3.8) is 0 Å². The lowest BCUT2D eigenvalue weighted by Gasteiger charge is -2.17. The monoisotopic (exact) mass is 262 g/mol. The molecule has 2 unspecified atom stereocenters. The molecule has 0 saturated heterocycles. The van der Waals surface area contributed by atoms with E-state index in [1.165, 1.54) is 0 Å². The number of aliphatic hydroxyl groups is 2. The predicted molar refractivity (Wildman–Crippen MR) is 58.5 cm³/mol. The van der Waals surface area contributed by atoms with Gasteiger partial charge in [-0.25, -0.2) is 0 Å². The van der Waals surface area contributed by atoms with Gasteiger partial charge in [0.15, 0.2) is 0 Å². The van der Waals surface area contributed by atoms with Crippen molar-refractivity contribution in [1.29, 1.82) is 0 Å². The minimum Gasteiger partial charge on any atom is -0.389 e. The summed E-state index contributed by atoms with van der Waals surface area (Å²) in [5, 5.41) is 19.4. The van der Waals surface area contributed by atoms with Crippen LogP contribution in [0.4, 0.5) is 0 Å². The summed E-state index contributed by atoms with van der Waals surface area (Å²) >= 11 is 7.29. The predicted octanol–water partition coefficient (Wildman–Crippen LogP) is 1.76. The van der Waals surface area contributed by atoms with E-state index in [0.717, 1.165) is 0 Å². The van der Waals surface area contributed by atoms with Crippen molar-refractivity contribution >= 4 is 28.6 Å². The second kappa shape index (κ2) is 5.00. The van der Waals surface area contributed by atoms with Crippen LogP contribution in [0, 0.1) is 0 Å². The van der Waals surface area contributed by atoms with Crippen molar-refractivity contribution in [2.24, 2.45) is 0 Å². The lowest BCUT2D eigenvalue weighted by molar-refractivity contribution is 0.0326. The zero-order chi connectivity index (χ0) is 9.84. The van der Waals surface area contributed by atoms with Crippen LogP contribution in [0.2, 0.25) is 0 Å². The molecule has 2 N–H and O–H groups in total. The van der Waals surface area contributed by atoms with E-state index in [0.29, 0.717) is 15.8 Å². The summed E-state index contributed by atoms with van der Waals surface area (Å²) in [4.78, 5) is 0.690. The molecule has 0 aliphatic carbocycles. The van der Waals surface area contributed by atoms with Crippen molar-refractivity contribution in [3.8, 4) is 0 Å². The first-order valence-corrected chi connectivity index (χ1v) is 5.43. The maximum atomic E-state index is 9.64. The molecule has 1 aromatic carbocycles. The third kappa shape index (κ3) is 2.71. The molecular formula is C9H11BrO2S. The smallest absolute Gasteiger partial charge is 0.107 e. The number of alkyl halides is 1. The summed E-state index contributed by atoms with van der Waals surface area (Å²) < 4.78 is 0. The van der Waals surface area contributed by atoms with Crippen LogP contribution in [0.15, 0.2) is 29.2 Å². The van der Waals surface area contributed by atoms with Gasteiger partial charge in [0, 0.05) is 10.2 Å². The SMILES string of the molecule is OC(CBr)C(O)c1ccccc1S. The second-order valence-electron chi connectivity index (χ2n) is 2.73. The normalized spacial score (nSPS) is 15.4. The van der Waals surface area contributed by atoms with Gasteiger partial charge in [-0.05, 0) is 11.6 Å². The Balaban J connectivity index is 2.88. The van der Waals surface area contributed by atoms with Gasteiger partial charge in [-0.1, -0.05) is 34.1 Å². The summed E-state index contributed by atoms with van der Waals surface area (Å²) in [6, 6.07) is 7.17. The molecule has 0 radical (unpaired) electrons. The molecule has 0 heterocycles. The Morgan fingerprint density at radius 2 is 1.92 bits per heavy atom. The summed E-state index contributed by atoms with van der Waals surface area (Å²) in [6.45, 7) is 0. The average molecular weight is 263 g/mol. The molecule has 0 fully saturated rings. The maximum absolute atomic E-state index is 9.64. The summed E-state index contributed by atoms with van der Waals surface area (Å²) in [7, 11) is 0. The van der Waals surface area contributed by atoms with Gasteiger partial charge in [0.05, 0.1) is 6.10 Å². The Kier molecular flexibility index (Phi) is 4.25. The minimum atomic E-state index is -0.881. The molecule has 2 atom stereocenters. The van der Waals surface area contributed by atoms with Crippen LogP contribution in [0.25, 0.3) is 0 Å². The van der Waals surface area contributed by atoms with Gasteiger partial charge < -0.3 is 10.2 Å². The van der Waals surface area contributed by atoms with Gasteiger partial charge >= 0.3 is 0 Å². The molecule has 13 heavy (non-hydrogen) atoms. The van der Waals surface area contributed by atoms with Crippen LogP contribution in [0.3, 0.4) is 0 Å². The lowest BCUT2D eigenvalue weighted by atomic mass is 10.1. The Hall–Kier alpha value is -0.0300. The van der Waals surface area contributed by atoms with E-state index < -0.39 is 12.2 Å². The Morgan fingerprint density at radius 1 is 1.31 bits per heavy atom. The van der Waals surface area contributed by atoms with E-state index in [1.807, 2.05) is 6.07 Å². The molecule has 0 amide bonds. The number of hydrogen-bond donors (Lipinski definition) is 3. The topological polar surface area (TPSA) is 40.5 Å². The summed E-state index contributed by atoms with van der Waals surface area (Å²) in [5.74, 6) is 0. The number of rotatable bonds is 3. The summed E-state index contributed by atoms with van der Waals surface area (Å²) in [5.41, 5.74) is 0.651. The number of hydrogen-bond acceptors (Lipinski definition) is 3. The van der Waals surface area contributed by atoms with Gasteiger partial charge in [-0.2, -0.15) is 0 Å². The molecule has 1 rings (SSSR count). The molecule has 0 aliphatic rings. The first kappa shape index (κ1) is 11.0. The molecule has 2 nitrogen and oxygen atoms in total. The van der Waals surface area contributed by atoms with Crippen molar-refractivity contribution < 1.29 is 10.2 Å². The van der Waals surface area contributed by atoms with E-state index in [-0.39, 0.29) is 0 Å². The number of thiol groups is 1.